The van der Waals surface area contributed by atoms with Crippen LogP contribution in [0.5, 0.6) is 11.5 Å². The maximum Gasteiger partial charge on any atom is 0.160 e. The Morgan fingerprint density at radius 2 is 2.19 bits per heavy atom. The van der Waals surface area contributed by atoms with Gasteiger partial charge in [-0.1, -0.05) is 13.0 Å². The molecule has 0 aliphatic rings. The van der Waals surface area contributed by atoms with Crippen LogP contribution in [0.3, 0.4) is 0 Å². The van der Waals surface area contributed by atoms with Crippen molar-refractivity contribution in [3.05, 3.63) is 23.8 Å². The fourth-order valence-corrected chi connectivity index (χ4v) is 1.72. The van der Waals surface area contributed by atoms with E-state index in [9.17, 15) is 5.11 Å². The SMILES string of the molecule is CCNC(C)CCc1ccc(OC)c(O)c1. The van der Waals surface area contributed by atoms with Gasteiger partial charge in [0.15, 0.2) is 11.5 Å². The third-order valence-electron chi connectivity index (χ3n) is 2.66. The molecule has 90 valence electrons. The molecule has 16 heavy (non-hydrogen) atoms. The minimum Gasteiger partial charge on any atom is -0.504 e. The quantitative estimate of drug-likeness (QED) is 0.777. The number of aryl methyl sites for hydroxylation is 1. The van der Waals surface area contributed by atoms with Gasteiger partial charge in [0.1, 0.15) is 0 Å². The van der Waals surface area contributed by atoms with E-state index < -0.39 is 0 Å². The van der Waals surface area contributed by atoms with Crippen LogP contribution in [0, 0.1) is 0 Å². The van der Waals surface area contributed by atoms with Crippen LogP contribution in [0.4, 0.5) is 0 Å². The van der Waals surface area contributed by atoms with Crippen LogP contribution in [-0.4, -0.2) is 24.8 Å². The van der Waals surface area contributed by atoms with Crippen LogP contribution in [0.25, 0.3) is 0 Å². The van der Waals surface area contributed by atoms with Gasteiger partial charge in [-0.25, -0.2) is 0 Å². The highest BCUT2D eigenvalue weighted by atomic mass is 16.5. The van der Waals surface area contributed by atoms with Crippen molar-refractivity contribution < 1.29 is 9.84 Å². The van der Waals surface area contributed by atoms with Gasteiger partial charge >= 0.3 is 0 Å². The van der Waals surface area contributed by atoms with Gasteiger partial charge in [-0.05, 0) is 44.0 Å². The number of aromatic hydroxyl groups is 1. The number of benzene rings is 1. The molecule has 0 heterocycles. The molecule has 1 atom stereocenters. The van der Waals surface area contributed by atoms with Crippen molar-refractivity contribution in [2.75, 3.05) is 13.7 Å². The Morgan fingerprint density at radius 1 is 1.44 bits per heavy atom. The first-order chi connectivity index (χ1) is 7.67. The first kappa shape index (κ1) is 12.8. The summed E-state index contributed by atoms with van der Waals surface area (Å²) in [5.41, 5.74) is 1.14. The summed E-state index contributed by atoms with van der Waals surface area (Å²) in [4.78, 5) is 0. The van der Waals surface area contributed by atoms with Crippen molar-refractivity contribution in [2.24, 2.45) is 0 Å². The van der Waals surface area contributed by atoms with Crippen molar-refractivity contribution in [3.8, 4) is 11.5 Å². The minimum atomic E-state index is 0.219. The first-order valence-electron chi connectivity index (χ1n) is 5.76. The molecule has 0 saturated carbocycles. The molecular weight excluding hydrogens is 202 g/mol. The summed E-state index contributed by atoms with van der Waals surface area (Å²) in [5, 5.41) is 13.0. The molecule has 0 bridgehead atoms. The van der Waals surface area contributed by atoms with Crippen LogP contribution in [0.1, 0.15) is 25.8 Å². The van der Waals surface area contributed by atoms with Gasteiger partial charge in [0, 0.05) is 6.04 Å². The smallest absolute Gasteiger partial charge is 0.160 e. The maximum atomic E-state index is 9.62. The lowest BCUT2D eigenvalue weighted by Crippen LogP contribution is -2.25. The molecule has 0 aromatic heterocycles. The molecular formula is C13H21NO2. The number of nitrogens with one attached hydrogen (secondary N) is 1. The standard InChI is InChI=1S/C13H21NO2/c1-4-14-10(2)5-6-11-7-8-13(16-3)12(15)9-11/h7-10,14-15H,4-6H2,1-3H3. The Hall–Kier alpha value is -1.22. The van der Waals surface area contributed by atoms with E-state index in [-0.39, 0.29) is 5.75 Å². The van der Waals surface area contributed by atoms with Gasteiger partial charge in [-0.2, -0.15) is 0 Å². The minimum absolute atomic E-state index is 0.219. The number of phenolic OH excluding ortho intramolecular Hbond substituents is 1. The highest BCUT2D eigenvalue weighted by Crippen LogP contribution is 2.26. The second kappa shape index (κ2) is 6.38. The zero-order chi connectivity index (χ0) is 12.0. The zero-order valence-electron chi connectivity index (χ0n) is 10.3. The maximum absolute atomic E-state index is 9.62. The highest BCUT2D eigenvalue weighted by Gasteiger charge is 2.04. The summed E-state index contributed by atoms with van der Waals surface area (Å²) in [6.45, 7) is 5.28. The summed E-state index contributed by atoms with van der Waals surface area (Å²) in [6, 6.07) is 6.09. The zero-order valence-corrected chi connectivity index (χ0v) is 10.3. The molecule has 1 aromatic carbocycles. The number of phenols is 1. The Morgan fingerprint density at radius 3 is 2.75 bits per heavy atom. The Balaban J connectivity index is 2.51. The van der Waals surface area contributed by atoms with E-state index in [1.165, 1.54) is 0 Å². The van der Waals surface area contributed by atoms with E-state index >= 15 is 0 Å². The largest absolute Gasteiger partial charge is 0.504 e. The van der Waals surface area contributed by atoms with Crippen LogP contribution in [0.15, 0.2) is 18.2 Å². The molecule has 0 spiro atoms. The Labute approximate surface area is 97.4 Å². The summed E-state index contributed by atoms with van der Waals surface area (Å²) in [7, 11) is 1.56. The van der Waals surface area contributed by atoms with Gasteiger partial charge in [0.05, 0.1) is 7.11 Å². The molecule has 3 heteroatoms. The molecule has 1 unspecified atom stereocenters. The van der Waals surface area contributed by atoms with E-state index in [2.05, 4.69) is 19.2 Å². The fraction of sp³-hybridized carbons (Fsp3) is 0.538. The number of ether oxygens (including phenoxy) is 1. The van der Waals surface area contributed by atoms with Gasteiger partial charge in [-0.15, -0.1) is 0 Å². The van der Waals surface area contributed by atoms with Crippen molar-refractivity contribution >= 4 is 0 Å². The van der Waals surface area contributed by atoms with Gasteiger partial charge in [0.25, 0.3) is 0 Å². The second-order valence-corrected chi connectivity index (χ2v) is 4.00. The van der Waals surface area contributed by atoms with Crippen LogP contribution >= 0.6 is 0 Å². The Bertz CT molecular complexity index is 326. The summed E-state index contributed by atoms with van der Waals surface area (Å²) in [5.74, 6) is 0.750. The van der Waals surface area contributed by atoms with E-state index in [1.807, 2.05) is 12.1 Å². The fourth-order valence-electron chi connectivity index (χ4n) is 1.72. The van der Waals surface area contributed by atoms with Gasteiger partial charge in [0.2, 0.25) is 0 Å². The lowest BCUT2D eigenvalue weighted by Gasteiger charge is -2.12. The average Bonchev–Trinajstić information content (AvgIpc) is 2.27. The molecule has 0 saturated heterocycles. The van der Waals surface area contributed by atoms with Crippen LogP contribution < -0.4 is 10.1 Å². The lowest BCUT2D eigenvalue weighted by atomic mass is 10.1. The summed E-state index contributed by atoms with van der Waals surface area (Å²) in [6.07, 6.45) is 2.03. The predicted molar refractivity (Wildman–Crippen MR) is 66.1 cm³/mol. The normalized spacial score (nSPS) is 12.4. The van der Waals surface area contributed by atoms with Crippen LogP contribution in [0.2, 0.25) is 0 Å². The Kier molecular flexibility index (Phi) is 5.12. The van der Waals surface area contributed by atoms with Crippen molar-refractivity contribution in [1.82, 2.24) is 5.32 Å². The van der Waals surface area contributed by atoms with Crippen LogP contribution in [-0.2, 0) is 6.42 Å². The second-order valence-electron chi connectivity index (χ2n) is 4.00. The molecule has 2 N–H and O–H groups in total. The summed E-state index contributed by atoms with van der Waals surface area (Å²) >= 11 is 0. The van der Waals surface area contributed by atoms with E-state index in [4.69, 9.17) is 4.74 Å². The molecule has 1 aromatic rings. The predicted octanol–water partition coefficient (Wildman–Crippen LogP) is 2.33. The number of hydrogen-bond donors (Lipinski definition) is 2. The third kappa shape index (κ3) is 3.74. The molecule has 0 fully saturated rings. The molecule has 0 aliphatic carbocycles. The van der Waals surface area contributed by atoms with Crippen molar-refractivity contribution in [1.29, 1.82) is 0 Å². The van der Waals surface area contributed by atoms with Gasteiger partial charge < -0.3 is 15.2 Å². The number of methoxy groups -OCH3 is 1. The third-order valence-corrected chi connectivity index (χ3v) is 2.66. The first-order valence-corrected chi connectivity index (χ1v) is 5.76. The number of rotatable bonds is 6. The van der Waals surface area contributed by atoms with E-state index in [0.29, 0.717) is 11.8 Å². The molecule has 0 amide bonds. The molecule has 3 nitrogen and oxygen atoms in total. The number of hydrogen-bond acceptors (Lipinski definition) is 3. The monoisotopic (exact) mass is 223 g/mol. The molecule has 0 radical (unpaired) electrons. The van der Waals surface area contributed by atoms with Crippen molar-refractivity contribution in [2.45, 2.75) is 32.7 Å². The van der Waals surface area contributed by atoms with E-state index in [0.717, 1.165) is 24.9 Å². The summed E-state index contributed by atoms with van der Waals surface area (Å²) < 4.78 is 5.00. The lowest BCUT2D eigenvalue weighted by molar-refractivity contribution is 0.373. The highest BCUT2D eigenvalue weighted by molar-refractivity contribution is 5.41. The van der Waals surface area contributed by atoms with Gasteiger partial charge in [-0.3, -0.25) is 0 Å². The average molecular weight is 223 g/mol. The van der Waals surface area contributed by atoms with Crippen molar-refractivity contribution in [3.63, 3.8) is 0 Å². The molecule has 0 aliphatic heterocycles. The topological polar surface area (TPSA) is 41.5 Å². The van der Waals surface area contributed by atoms with E-state index in [1.54, 1.807) is 13.2 Å². The molecule has 1 rings (SSSR count).